The molecule has 1 heterocycles. The van der Waals surface area contributed by atoms with Crippen molar-refractivity contribution in [3.8, 4) is 6.07 Å². The highest BCUT2D eigenvalue weighted by Gasteiger charge is 2.35. The fraction of sp³-hybridized carbons (Fsp3) is 0.368. The Balaban J connectivity index is 2.61. The average Bonchev–Trinajstić information content (AvgIpc) is 2.52. The zero-order chi connectivity index (χ0) is 19.6. The fourth-order valence-electron chi connectivity index (χ4n) is 2.90. The molecule has 0 saturated carbocycles. The van der Waals surface area contributed by atoms with Gasteiger partial charge in [-0.3, -0.25) is 5.21 Å². The summed E-state index contributed by atoms with van der Waals surface area (Å²) in [4.78, 5) is 12.8. The molecule has 7 heteroatoms. The van der Waals surface area contributed by atoms with Gasteiger partial charge in [0, 0.05) is 11.4 Å². The Kier molecular flexibility index (Phi) is 5.40. The van der Waals surface area contributed by atoms with Crippen molar-refractivity contribution in [2.45, 2.75) is 46.1 Å². The van der Waals surface area contributed by atoms with Crippen LogP contribution >= 0.6 is 0 Å². The molecule has 0 fully saturated rings. The van der Waals surface area contributed by atoms with Crippen molar-refractivity contribution >= 4 is 11.7 Å². The second-order valence-electron chi connectivity index (χ2n) is 7.12. The minimum Gasteiger partial charge on any atom is -0.733 e. The van der Waals surface area contributed by atoms with E-state index in [2.05, 4.69) is 11.4 Å². The first-order chi connectivity index (χ1) is 12.0. The quantitative estimate of drug-likeness (QED) is 0.630. The maximum Gasteiger partial charge on any atom is 0.337 e. The number of benzene rings is 1. The second-order valence-corrected chi connectivity index (χ2v) is 7.12. The third kappa shape index (κ3) is 4.04. The molecule has 138 valence electrons. The Morgan fingerprint density at radius 1 is 1.35 bits per heavy atom. The van der Waals surface area contributed by atoms with Crippen LogP contribution in [0.25, 0.3) is 0 Å². The predicted molar refractivity (Wildman–Crippen MR) is 96.8 cm³/mol. The highest BCUT2D eigenvalue weighted by molar-refractivity contribution is 5.93. The minimum atomic E-state index is -0.698. The molecule has 0 aromatic heterocycles. The van der Waals surface area contributed by atoms with Crippen LogP contribution in [0.5, 0.6) is 0 Å². The zero-order valence-electron chi connectivity index (χ0n) is 15.5. The molecule has 0 aliphatic carbocycles. The minimum absolute atomic E-state index is 0.0113. The molecule has 0 saturated heterocycles. The number of rotatable bonds is 3. The average molecular weight is 356 g/mol. The summed E-state index contributed by atoms with van der Waals surface area (Å²) in [5.74, 6) is -1.24. The Labute approximate surface area is 152 Å². The Morgan fingerprint density at radius 2 is 2.00 bits per heavy atom. The maximum atomic E-state index is 12.8. The Morgan fingerprint density at radius 3 is 2.54 bits per heavy atom. The third-order valence-corrected chi connectivity index (χ3v) is 3.92. The smallest absolute Gasteiger partial charge is 0.337 e. The lowest BCUT2D eigenvalue weighted by Gasteiger charge is -2.31. The van der Waals surface area contributed by atoms with E-state index in [1.54, 1.807) is 46.8 Å². The predicted octanol–water partition coefficient (Wildman–Crippen LogP) is 3.48. The van der Waals surface area contributed by atoms with Gasteiger partial charge in [0.05, 0.1) is 28.8 Å². The van der Waals surface area contributed by atoms with Crippen LogP contribution in [0.3, 0.4) is 0 Å². The molecule has 2 rings (SSSR count). The number of anilines is 1. The summed E-state index contributed by atoms with van der Waals surface area (Å²) in [5, 5.41) is 32.9. The Hall–Kier alpha value is -2.82. The number of hydrogen-bond donors (Lipinski definition) is 2. The van der Waals surface area contributed by atoms with Crippen molar-refractivity contribution in [1.82, 2.24) is 5.32 Å². The number of carbonyl (C=O) groups is 1. The summed E-state index contributed by atoms with van der Waals surface area (Å²) in [6, 6.07) is 8.31. The number of esters is 1. The number of dihydropyridines is 1. The first-order valence-corrected chi connectivity index (χ1v) is 8.13. The lowest BCUT2D eigenvalue weighted by molar-refractivity contribution is -0.150. The summed E-state index contributed by atoms with van der Waals surface area (Å²) in [7, 11) is 0. The summed E-state index contributed by atoms with van der Waals surface area (Å²) >= 11 is 0. The second kappa shape index (κ2) is 7.20. The molecule has 0 radical (unpaired) electrons. The van der Waals surface area contributed by atoms with Gasteiger partial charge in [-0.25, -0.2) is 4.79 Å². The van der Waals surface area contributed by atoms with Crippen molar-refractivity contribution in [3.63, 3.8) is 0 Å². The molecule has 7 nitrogen and oxygen atoms in total. The van der Waals surface area contributed by atoms with Crippen LogP contribution in [0.2, 0.25) is 0 Å². The normalized spacial score (nSPS) is 17.5. The van der Waals surface area contributed by atoms with E-state index in [1.807, 2.05) is 0 Å². The topological polar surface area (TPSA) is 109 Å². The number of carbonyl (C=O) groups excluding carboxylic acids is 1. The molecule has 1 aliphatic heterocycles. The van der Waals surface area contributed by atoms with Crippen LogP contribution in [0.15, 0.2) is 46.8 Å². The van der Waals surface area contributed by atoms with Crippen LogP contribution in [0, 0.1) is 16.5 Å². The number of allylic oxidation sites excluding steroid dienone is 3. The van der Waals surface area contributed by atoms with Gasteiger partial charge in [-0.05, 0) is 52.3 Å². The van der Waals surface area contributed by atoms with Crippen molar-refractivity contribution in [3.05, 3.63) is 57.6 Å². The summed E-state index contributed by atoms with van der Waals surface area (Å²) in [5.41, 5.74) is 1.70. The number of hydrogen-bond acceptors (Lipinski definition) is 7. The first kappa shape index (κ1) is 19.5. The van der Waals surface area contributed by atoms with Crippen LogP contribution in [0.1, 0.15) is 46.1 Å². The van der Waals surface area contributed by atoms with Crippen molar-refractivity contribution in [2.24, 2.45) is 0 Å². The molecule has 0 spiro atoms. The maximum absolute atomic E-state index is 12.8. The molecule has 0 bridgehead atoms. The SMILES string of the molecule is CC1=C(C#N)C(c2cccc(N([O-])O)c2)C(C(=O)OC(C)(C)C)=C(C)N1. The van der Waals surface area contributed by atoms with Gasteiger partial charge >= 0.3 is 5.97 Å². The van der Waals surface area contributed by atoms with Gasteiger partial charge in [0.25, 0.3) is 0 Å². The molecule has 1 aromatic rings. The fourth-order valence-corrected chi connectivity index (χ4v) is 2.90. The van der Waals surface area contributed by atoms with Crippen LogP contribution in [-0.2, 0) is 9.53 Å². The van der Waals surface area contributed by atoms with E-state index in [-0.39, 0.29) is 10.9 Å². The highest BCUT2D eigenvalue weighted by atomic mass is 16.8. The van der Waals surface area contributed by atoms with Gasteiger partial charge in [0.2, 0.25) is 0 Å². The van der Waals surface area contributed by atoms with Crippen LogP contribution in [0.4, 0.5) is 5.69 Å². The molecule has 2 N–H and O–H groups in total. The molecule has 26 heavy (non-hydrogen) atoms. The highest BCUT2D eigenvalue weighted by Crippen LogP contribution is 2.39. The molecular weight excluding hydrogens is 334 g/mol. The van der Waals surface area contributed by atoms with Crippen LogP contribution in [-0.4, -0.2) is 16.8 Å². The van der Waals surface area contributed by atoms with E-state index in [9.17, 15) is 20.5 Å². The number of ether oxygens (including phenoxy) is 1. The van der Waals surface area contributed by atoms with Crippen molar-refractivity contribution in [2.75, 3.05) is 5.23 Å². The largest absolute Gasteiger partial charge is 0.733 e. The summed E-state index contributed by atoms with van der Waals surface area (Å²) in [6.07, 6.45) is 0. The lowest BCUT2D eigenvalue weighted by Crippen LogP contribution is -2.32. The van der Waals surface area contributed by atoms with E-state index >= 15 is 0 Å². The van der Waals surface area contributed by atoms with Crippen molar-refractivity contribution < 1.29 is 14.7 Å². The van der Waals surface area contributed by atoms with Gasteiger partial charge in [0.15, 0.2) is 0 Å². The summed E-state index contributed by atoms with van der Waals surface area (Å²) < 4.78 is 5.51. The number of nitrogens with one attached hydrogen (secondary N) is 1. The number of nitriles is 1. The standard InChI is InChI=1S/C19H22N3O4/c1-11-15(10-20)17(13-7-6-8-14(9-13)22(24)25)16(12(2)21-11)18(23)26-19(3,4)5/h6-9,17,21,24H,1-5H3/q-1. The molecular formula is C19H22N3O4-. The molecule has 0 amide bonds. The van der Waals surface area contributed by atoms with Crippen LogP contribution < -0.4 is 10.5 Å². The van der Waals surface area contributed by atoms with Gasteiger partial charge in [-0.15, -0.1) is 0 Å². The molecule has 1 unspecified atom stereocenters. The third-order valence-electron chi connectivity index (χ3n) is 3.92. The van der Waals surface area contributed by atoms with Crippen molar-refractivity contribution in [1.29, 1.82) is 5.26 Å². The van der Waals surface area contributed by atoms with E-state index < -0.39 is 17.5 Å². The lowest BCUT2D eigenvalue weighted by atomic mass is 9.81. The van der Waals surface area contributed by atoms with E-state index in [1.165, 1.54) is 12.1 Å². The molecule has 1 atom stereocenters. The van der Waals surface area contributed by atoms with Gasteiger partial charge < -0.3 is 20.5 Å². The first-order valence-electron chi connectivity index (χ1n) is 8.13. The Bertz CT molecular complexity index is 826. The van der Waals surface area contributed by atoms with Gasteiger partial charge in [-0.1, -0.05) is 12.1 Å². The van der Waals surface area contributed by atoms with E-state index in [0.29, 0.717) is 28.1 Å². The van der Waals surface area contributed by atoms with E-state index in [0.717, 1.165) is 0 Å². The van der Waals surface area contributed by atoms with E-state index in [4.69, 9.17) is 4.74 Å². The number of nitrogens with zero attached hydrogens (tertiary/aromatic N) is 2. The van der Waals surface area contributed by atoms with Gasteiger partial charge in [-0.2, -0.15) is 5.26 Å². The van der Waals surface area contributed by atoms with Gasteiger partial charge in [0.1, 0.15) is 5.60 Å². The molecule has 1 aliphatic rings. The monoisotopic (exact) mass is 356 g/mol. The zero-order valence-corrected chi connectivity index (χ0v) is 15.5. The molecule has 1 aromatic carbocycles. The summed E-state index contributed by atoms with van der Waals surface area (Å²) in [6.45, 7) is 8.77.